The fraction of sp³-hybridized carbons (Fsp3) is 0.467. The molecule has 0 N–H and O–H groups in total. The quantitative estimate of drug-likeness (QED) is 0.713. The van der Waals surface area contributed by atoms with E-state index < -0.39 is 0 Å². The summed E-state index contributed by atoms with van der Waals surface area (Å²) in [6.07, 6.45) is 0. The molecule has 0 heterocycles. The highest BCUT2D eigenvalue weighted by Crippen LogP contribution is 2.12. The zero-order chi connectivity index (χ0) is 15.0. The van der Waals surface area contributed by atoms with Crippen molar-refractivity contribution >= 4 is 11.9 Å². The van der Waals surface area contributed by atoms with E-state index in [1.165, 1.54) is 0 Å². The van der Waals surface area contributed by atoms with Gasteiger partial charge in [-0.05, 0) is 32.5 Å². The Labute approximate surface area is 119 Å². The Balaban J connectivity index is 2.72. The van der Waals surface area contributed by atoms with Crippen LogP contribution in [0, 0.1) is 0 Å². The van der Waals surface area contributed by atoms with Crippen molar-refractivity contribution in [1.29, 1.82) is 0 Å². The van der Waals surface area contributed by atoms with Crippen molar-refractivity contribution in [2.45, 2.75) is 20.4 Å². The fourth-order valence-corrected chi connectivity index (χ4v) is 1.84. The first-order valence-corrected chi connectivity index (χ1v) is 6.67. The van der Waals surface area contributed by atoms with Crippen LogP contribution in [0.5, 0.6) is 0 Å². The lowest BCUT2D eigenvalue weighted by Gasteiger charge is -2.17. The molecule has 5 nitrogen and oxygen atoms in total. The molecule has 0 radical (unpaired) electrons. The largest absolute Gasteiger partial charge is 0.465 e. The predicted molar refractivity (Wildman–Crippen MR) is 75.4 cm³/mol. The number of hydrogen-bond donors (Lipinski definition) is 0. The second kappa shape index (κ2) is 8.32. The van der Waals surface area contributed by atoms with Gasteiger partial charge in [-0.2, -0.15) is 0 Å². The summed E-state index contributed by atoms with van der Waals surface area (Å²) in [5.41, 5.74) is 1.36. The first-order valence-electron chi connectivity index (χ1n) is 6.67. The maximum Gasteiger partial charge on any atom is 0.338 e. The lowest BCUT2D eigenvalue weighted by Crippen LogP contribution is -2.27. The number of ether oxygens (including phenoxy) is 2. The fourth-order valence-electron chi connectivity index (χ4n) is 1.84. The molecule has 5 heteroatoms. The van der Waals surface area contributed by atoms with Gasteiger partial charge in [0.05, 0.1) is 25.3 Å². The molecule has 1 aromatic carbocycles. The maximum absolute atomic E-state index is 11.8. The first kappa shape index (κ1) is 16.2. The van der Waals surface area contributed by atoms with E-state index in [4.69, 9.17) is 9.47 Å². The van der Waals surface area contributed by atoms with Crippen LogP contribution in [-0.2, 0) is 20.8 Å². The number of benzene rings is 1. The van der Waals surface area contributed by atoms with E-state index in [2.05, 4.69) is 0 Å². The third-order valence-electron chi connectivity index (χ3n) is 2.66. The average molecular weight is 279 g/mol. The van der Waals surface area contributed by atoms with Crippen LogP contribution in [0.1, 0.15) is 29.8 Å². The standard InChI is InChI=1S/C15H21NO4/c1-4-19-14(17)11-16(3)10-12-8-6-7-9-13(12)15(18)20-5-2/h6-9H,4-5,10-11H2,1-3H3. The Morgan fingerprint density at radius 1 is 1.10 bits per heavy atom. The first-order chi connectivity index (χ1) is 9.58. The van der Waals surface area contributed by atoms with Gasteiger partial charge in [-0.1, -0.05) is 18.2 Å². The lowest BCUT2D eigenvalue weighted by molar-refractivity contribution is -0.144. The van der Waals surface area contributed by atoms with Crippen LogP contribution in [0.3, 0.4) is 0 Å². The van der Waals surface area contributed by atoms with Gasteiger partial charge < -0.3 is 9.47 Å². The average Bonchev–Trinajstić information content (AvgIpc) is 2.39. The minimum absolute atomic E-state index is 0.186. The third kappa shape index (κ3) is 5.01. The number of hydrogen-bond acceptors (Lipinski definition) is 5. The molecule has 0 amide bonds. The highest BCUT2D eigenvalue weighted by Gasteiger charge is 2.14. The maximum atomic E-state index is 11.8. The van der Waals surface area contributed by atoms with Crippen LogP contribution in [0.4, 0.5) is 0 Å². The third-order valence-corrected chi connectivity index (χ3v) is 2.66. The SMILES string of the molecule is CCOC(=O)CN(C)Cc1ccccc1C(=O)OCC. The van der Waals surface area contributed by atoms with Gasteiger partial charge in [-0.15, -0.1) is 0 Å². The molecule has 0 saturated carbocycles. The molecular formula is C15H21NO4. The van der Waals surface area contributed by atoms with E-state index in [9.17, 15) is 9.59 Å². The Morgan fingerprint density at radius 3 is 2.40 bits per heavy atom. The molecule has 1 aromatic rings. The lowest BCUT2D eigenvalue weighted by atomic mass is 10.1. The topological polar surface area (TPSA) is 55.8 Å². The second-order valence-electron chi connectivity index (χ2n) is 4.35. The normalized spacial score (nSPS) is 10.4. The summed E-state index contributed by atoms with van der Waals surface area (Å²) in [5.74, 6) is -0.615. The van der Waals surface area contributed by atoms with E-state index in [0.717, 1.165) is 5.56 Å². The van der Waals surface area contributed by atoms with Gasteiger partial charge >= 0.3 is 11.9 Å². The van der Waals surface area contributed by atoms with Crippen LogP contribution >= 0.6 is 0 Å². The molecule has 1 rings (SSSR count). The number of nitrogens with zero attached hydrogens (tertiary/aromatic N) is 1. The van der Waals surface area contributed by atoms with Crippen LogP contribution < -0.4 is 0 Å². The van der Waals surface area contributed by atoms with Crippen molar-refractivity contribution in [3.05, 3.63) is 35.4 Å². The Hall–Kier alpha value is -1.88. The number of carbonyl (C=O) groups excluding carboxylic acids is 2. The zero-order valence-electron chi connectivity index (χ0n) is 12.2. The molecule has 0 atom stereocenters. The molecule has 0 bridgehead atoms. The van der Waals surface area contributed by atoms with E-state index >= 15 is 0 Å². The molecule has 110 valence electrons. The van der Waals surface area contributed by atoms with Crippen molar-refractivity contribution in [3.8, 4) is 0 Å². The number of likely N-dealkylation sites (N-methyl/N-ethyl adjacent to an activating group) is 1. The van der Waals surface area contributed by atoms with Crippen molar-refractivity contribution in [2.75, 3.05) is 26.8 Å². The molecule has 0 aliphatic carbocycles. The summed E-state index contributed by atoms with van der Waals surface area (Å²) in [4.78, 5) is 25.1. The van der Waals surface area contributed by atoms with E-state index in [1.807, 2.05) is 12.1 Å². The van der Waals surface area contributed by atoms with Gasteiger partial charge in [0.1, 0.15) is 0 Å². The summed E-state index contributed by atoms with van der Waals surface area (Å²) < 4.78 is 9.92. The molecule has 0 aromatic heterocycles. The smallest absolute Gasteiger partial charge is 0.338 e. The Kier molecular flexibility index (Phi) is 6.73. The van der Waals surface area contributed by atoms with Crippen LogP contribution in [0.25, 0.3) is 0 Å². The highest BCUT2D eigenvalue weighted by atomic mass is 16.5. The van der Waals surface area contributed by atoms with Gasteiger partial charge in [0.25, 0.3) is 0 Å². The summed E-state index contributed by atoms with van der Waals surface area (Å²) in [5, 5.41) is 0. The van der Waals surface area contributed by atoms with Gasteiger partial charge in [-0.3, -0.25) is 9.69 Å². The summed E-state index contributed by atoms with van der Waals surface area (Å²) >= 11 is 0. The molecule has 0 saturated heterocycles. The van der Waals surface area contributed by atoms with Gasteiger partial charge in [0.2, 0.25) is 0 Å². The monoisotopic (exact) mass is 279 g/mol. The van der Waals surface area contributed by atoms with Gasteiger partial charge in [0.15, 0.2) is 0 Å². The molecule has 0 aliphatic heterocycles. The van der Waals surface area contributed by atoms with E-state index in [1.54, 1.807) is 37.9 Å². The molecule has 0 fully saturated rings. The second-order valence-corrected chi connectivity index (χ2v) is 4.35. The number of rotatable bonds is 7. The Morgan fingerprint density at radius 2 is 1.75 bits per heavy atom. The highest BCUT2D eigenvalue weighted by molar-refractivity contribution is 5.91. The molecular weight excluding hydrogens is 258 g/mol. The van der Waals surface area contributed by atoms with Crippen LogP contribution in [-0.4, -0.2) is 43.6 Å². The number of carbonyl (C=O) groups is 2. The molecule has 0 aliphatic rings. The van der Waals surface area contributed by atoms with Gasteiger partial charge in [-0.25, -0.2) is 4.79 Å². The van der Waals surface area contributed by atoms with E-state index in [0.29, 0.717) is 25.3 Å². The summed E-state index contributed by atoms with van der Waals surface area (Å²) in [7, 11) is 1.80. The van der Waals surface area contributed by atoms with Crippen LogP contribution in [0.15, 0.2) is 24.3 Å². The minimum atomic E-state index is -0.340. The Bertz CT molecular complexity index is 459. The van der Waals surface area contributed by atoms with Crippen molar-refractivity contribution in [2.24, 2.45) is 0 Å². The summed E-state index contributed by atoms with van der Waals surface area (Å²) in [6, 6.07) is 7.23. The molecule has 20 heavy (non-hydrogen) atoms. The van der Waals surface area contributed by atoms with E-state index in [-0.39, 0.29) is 18.5 Å². The van der Waals surface area contributed by atoms with Crippen molar-refractivity contribution < 1.29 is 19.1 Å². The minimum Gasteiger partial charge on any atom is -0.465 e. The van der Waals surface area contributed by atoms with Crippen molar-refractivity contribution in [3.63, 3.8) is 0 Å². The number of esters is 2. The molecule has 0 spiro atoms. The van der Waals surface area contributed by atoms with Crippen molar-refractivity contribution in [1.82, 2.24) is 4.90 Å². The zero-order valence-corrected chi connectivity index (χ0v) is 12.2. The van der Waals surface area contributed by atoms with Gasteiger partial charge in [0, 0.05) is 6.54 Å². The summed E-state index contributed by atoms with van der Waals surface area (Å²) in [6.45, 7) is 4.91. The molecule has 0 unspecified atom stereocenters. The predicted octanol–water partition coefficient (Wildman–Crippen LogP) is 1.86. The van der Waals surface area contributed by atoms with Crippen LogP contribution in [0.2, 0.25) is 0 Å².